The van der Waals surface area contributed by atoms with Crippen molar-refractivity contribution in [3.8, 4) is 0 Å². The summed E-state index contributed by atoms with van der Waals surface area (Å²) in [5.41, 5.74) is -1.00. The van der Waals surface area contributed by atoms with Gasteiger partial charge in [0.05, 0.1) is 12.0 Å². The highest BCUT2D eigenvalue weighted by atomic mass is 32.1. The van der Waals surface area contributed by atoms with Gasteiger partial charge in [0.25, 0.3) is 0 Å². The van der Waals surface area contributed by atoms with Crippen molar-refractivity contribution >= 4 is 29.4 Å². The average Bonchev–Trinajstić information content (AvgIpc) is 2.79. The lowest BCUT2D eigenvalue weighted by atomic mass is 10.1. The van der Waals surface area contributed by atoms with Crippen molar-refractivity contribution < 1.29 is 19.1 Å². The molecule has 154 valence electrons. The van der Waals surface area contributed by atoms with E-state index in [-0.39, 0.29) is 24.0 Å². The molecule has 0 aromatic carbocycles. The van der Waals surface area contributed by atoms with Crippen LogP contribution in [0.2, 0.25) is 0 Å². The van der Waals surface area contributed by atoms with Gasteiger partial charge in [-0.25, -0.2) is 4.79 Å². The Bertz CT molecular complexity index is 597. The summed E-state index contributed by atoms with van der Waals surface area (Å²) in [7, 11) is 0. The molecule has 0 aromatic heterocycles. The Balaban J connectivity index is 1.93. The van der Waals surface area contributed by atoms with Gasteiger partial charge in [-0.15, -0.1) is 0 Å². The Morgan fingerprint density at radius 1 is 1.07 bits per heavy atom. The van der Waals surface area contributed by atoms with Gasteiger partial charge in [0.2, 0.25) is 0 Å². The molecule has 8 heteroatoms. The molecule has 27 heavy (non-hydrogen) atoms. The molecular formula is C19H33N3O4S. The van der Waals surface area contributed by atoms with Gasteiger partial charge in [-0.1, -0.05) is 6.92 Å². The molecule has 2 aliphatic heterocycles. The van der Waals surface area contributed by atoms with Crippen LogP contribution in [-0.2, 0) is 14.3 Å². The number of esters is 1. The van der Waals surface area contributed by atoms with Gasteiger partial charge in [-0.05, 0) is 53.8 Å². The fourth-order valence-corrected chi connectivity index (χ4v) is 3.62. The van der Waals surface area contributed by atoms with Crippen molar-refractivity contribution in [2.24, 2.45) is 5.92 Å². The van der Waals surface area contributed by atoms with Crippen LogP contribution in [0.1, 0.15) is 48.5 Å². The maximum Gasteiger partial charge on any atom is 0.410 e. The van der Waals surface area contributed by atoms with E-state index in [2.05, 4.69) is 4.90 Å². The highest BCUT2D eigenvalue weighted by molar-refractivity contribution is 7.80. The molecule has 0 aromatic rings. The van der Waals surface area contributed by atoms with Crippen molar-refractivity contribution in [1.29, 1.82) is 0 Å². The number of nitrogens with zero attached hydrogens (tertiary/aromatic N) is 3. The van der Waals surface area contributed by atoms with Crippen molar-refractivity contribution in [2.75, 3.05) is 32.7 Å². The minimum atomic E-state index is -0.506. The molecule has 0 radical (unpaired) electrons. The van der Waals surface area contributed by atoms with E-state index in [9.17, 15) is 9.59 Å². The smallest absolute Gasteiger partial charge is 0.410 e. The van der Waals surface area contributed by atoms with Crippen LogP contribution in [0.5, 0.6) is 0 Å². The molecule has 0 saturated carbocycles. The zero-order chi connectivity index (χ0) is 20.6. The summed E-state index contributed by atoms with van der Waals surface area (Å²) in [6.45, 7) is 16.1. The first-order valence-corrected chi connectivity index (χ1v) is 9.94. The van der Waals surface area contributed by atoms with Crippen LogP contribution in [0.25, 0.3) is 0 Å². The van der Waals surface area contributed by atoms with Crippen LogP contribution < -0.4 is 0 Å². The average molecular weight is 400 g/mol. The molecule has 2 atom stereocenters. The molecule has 0 spiro atoms. The molecule has 2 heterocycles. The largest absolute Gasteiger partial charge is 0.460 e. The third kappa shape index (κ3) is 5.96. The molecule has 7 nitrogen and oxygen atoms in total. The van der Waals surface area contributed by atoms with E-state index in [0.29, 0.717) is 32.7 Å². The normalized spacial score (nSPS) is 21.8. The fraction of sp³-hybridized carbons (Fsp3) is 0.842. The monoisotopic (exact) mass is 399 g/mol. The summed E-state index contributed by atoms with van der Waals surface area (Å²) in [4.78, 5) is 30.6. The first kappa shape index (κ1) is 21.7. The van der Waals surface area contributed by atoms with E-state index < -0.39 is 11.2 Å². The quantitative estimate of drug-likeness (QED) is 0.534. The summed E-state index contributed by atoms with van der Waals surface area (Å²) in [6, 6.07) is 0.129. The van der Waals surface area contributed by atoms with Gasteiger partial charge in [0.1, 0.15) is 11.2 Å². The van der Waals surface area contributed by atoms with Crippen LogP contribution >= 0.6 is 12.2 Å². The molecule has 2 unspecified atom stereocenters. The number of thiocarbonyl (C=S) groups is 1. The molecule has 2 saturated heterocycles. The van der Waals surface area contributed by atoms with E-state index >= 15 is 0 Å². The SMILES string of the molecule is CC(CN1CC2CN(C(=O)OC(C)(C)C)CCN2C1=S)C(=O)OC(C)(C)C. The second kappa shape index (κ2) is 7.81. The maximum absolute atomic E-state index is 12.3. The van der Waals surface area contributed by atoms with E-state index in [4.69, 9.17) is 21.7 Å². The van der Waals surface area contributed by atoms with Gasteiger partial charge in [-0.3, -0.25) is 4.79 Å². The molecule has 2 rings (SSSR count). The number of ether oxygens (including phenoxy) is 2. The second-order valence-corrected chi connectivity index (χ2v) is 9.76. The summed E-state index contributed by atoms with van der Waals surface area (Å²) in [5.74, 6) is -0.490. The summed E-state index contributed by atoms with van der Waals surface area (Å²) < 4.78 is 10.9. The molecule has 2 aliphatic rings. The summed E-state index contributed by atoms with van der Waals surface area (Å²) in [5, 5.41) is 0.749. The van der Waals surface area contributed by atoms with E-state index in [1.54, 1.807) is 4.90 Å². The number of rotatable bonds is 3. The number of amides is 1. The topological polar surface area (TPSA) is 62.3 Å². The summed E-state index contributed by atoms with van der Waals surface area (Å²) >= 11 is 5.61. The Labute approximate surface area is 167 Å². The molecule has 0 aliphatic carbocycles. The lowest BCUT2D eigenvalue weighted by Crippen LogP contribution is -2.54. The van der Waals surface area contributed by atoms with Crippen molar-refractivity contribution in [3.05, 3.63) is 0 Å². The van der Waals surface area contributed by atoms with Crippen LogP contribution in [0.3, 0.4) is 0 Å². The number of hydrogen-bond donors (Lipinski definition) is 0. The fourth-order valence-electron chi connectivity index (χ4n) is 3.23. The van der Waals surface area contributed by atoms with Crippen molar-refractivity contribution in [3.63, 3.8) is 0 Å². The van der Waals surface area contributed by atoms with Gasteiger partial charge in [-0.2, -0.15) is 0 Å². The van der Waals surface area contributed by atoms with E-state index in [1.807, 2.05) is 53.4 Å². The Kier molecular flexibility index (Phi) is 6.29. The predicted octanol–water partition coefficient (Wildman–Crippen LogP) is 2.49. The lowest BCUT2D eigenvalue weighted by Gasteiger charge is -2.37. The van der Waals surface area contributed by atoms with Crippen molar-refractivity contribution in [2.45, 2.75) is 65.7 Å². The third-order valence-electron chi connectivity index (χ3n) is 4.39. The number of carbonyl (C=O) groups is 2. The van der Waals surface area contributed by atoms with Gasteiger partial charge >= 0.3 is 12.1 Å². The first-order valence-electron chi connectivity index (χ1n) is 9.53. The molecule has 0 bridgehead atoms. The summed E-state index contributed by atoms with van der Waals surface area (Å²) in [6.07, 6.45) is -0.284. The van der Waals surface area contributed by atoms with Crippen LogP contribution in [0, 0.1) is 5.92 Å². The Hall–Kier alpha value is -1.57. The first-order chi connectivity index (χ1) is 12.3. The zero-order valence-electron chi connectivity index (χ0n) is 17.6. The minimum Gasteiger partial charge on any atom is -0.460 e. The number of carbonyl (C=O) groups excluding carboxylic acids is 2. The van der Waals surface area contributed by atoms with E-state index in [0.717, 1.165) is 5.11 Å². The number of fused-ring (bicyclic) bond motifs is 1. The zero-order valence-corrected chi connectivity index (χ0v) is 18.4. The van der Waals surface area contributed by atoms with Crippen LogP contribution in [-0.4, -0.2) is 81.8 Å². The standard InChI is InChI=1S/C19H33N3O4S/c1-13(15(23)25-18(2,3)4)10-21-12-14-11-20(8-9-22(14)16(21)27)17(24)26-19(5,6)7/h13-14H,8-12H2,1-7H3. The van der Waals surface area contributed by atoms with Gasteiger partial charge in [0, 0.05) is 32.7 Å². The highest BCUT2D eigenvalue weighted by Gasteiger charge is 2.41. The highest BCUT2D eigenvalue weighted by Crippen LogP contribution is 2.24. The van der Waals surface area contributed by atoms with Gasteiger partial charge in [0.15, 0.2) is 5.11 Å². The molecule has 0 N–H and O–H groups in total. The maximum atomic E-state index is 12.3. The van der Waals surface area contributed by atoms with Gasteiger partial charge < -0.3 is 24.2 Å². The second-order valence-electron chi connectivity index (χ2n) is 9.40. The predicted molar refractivity (Wildman–Crippen MR) is 107 cm³/mol. The Morgan fingerprint density at radius 3 is 2.22 bits per heavy atom. The molecule has 2 fully saturated rings. The van der Waals surface area contributed by atoms with E-state index in [1.165, 1.54) is 0 Å². The number of hydrogen-bond acceptors (Lipinski definition) is 5. The van der Waals surface area contributed by atoms with Crippen molar-refractivity contribution in [1.82, 2.24) is 14.7 Å². The third-order valence-corrected chi connectivity index (χ3v) is 4.88. The molecular weight excluding hydrogens is 366 g/mol. The van der Waals surface area contributed by atoms with Crippen LogP contribution in [0.4, 0.5) is 4.79 Å². The van der Waals surface area contributed by atoms with Crippen LogP contribution in [0.15, 0.2) is 0 Å². The Morgan fingerprint density at radius 2 is 1.67 bits per heavy atom. The molecule has 1 amide bonds. The number of piperazine rings is 1. The minimum absolute atomic E-state index is 0.129. The lowest BCUT2D eigenvalue weighted by molar-refractivity contribution is -0.159.